The highest BCUT2D eigenvalue weighted by Gasteiger charge is 2.17. The van der Waals surface area contributed by atoms with Crippen LogP contribution in [0.2, 0.25) is 0 Å². The van der Waals surface area contributed by atoms with Crippen molar-refractivity contribution in [2.45, 2.75) is 26.9 Å². The van der Waals surface area contributed by atoms with E-state index in [1.54, 1.807) is 14.0 Å². The summed E-state index contributed by atoms with van der Waals surface area (Å²) in [6.07, 6.45) is -0.622. The zero-order chi connectivity index (χ0) is 18.0. The number of aromatic nitrogens is 1. The van der Waals surface area contributed by atoms with Crippen molar-refractivity contribution >= 4 is 32.6 Å². The third-order valence-electron chi connectivity index (χ3n) is 3.70. The van der Waals surface area contributed by atoms with Crippen LogP contribution in [0.15, 0.2) is 36.4 Å². The molecule has 1 aromatic heterocycles. The average molecular weight is 356 g/mol. The van der Waals surface area contributed by atoms with Crippen LogP contribution in [0.1, 0.15) is 18.1 Å². The van der Waals surface area contributed by atoms with E-state index in [1.807, 2.05) is 44.2 Å². The van der Waals surface area contributed by atoms with Gasteiger partial charge >= 0.3 is 0 Å². The van der Waals surface area contributed by atoms with Crippen molar-refractivity contribution in [2.24, 2.45) is 0 Å². The Morgan fingerprint density at radius 2 is 1.84 bits per heavy atom. The summed E-state index contributed by atoms with van der Waals surface area (Å²) in [6.45, 7) is 5.73. The number of carbonyl (C=O) groups is 1. The summed E-state index contributed by atoms with van der Waals surface area (Å²) < 4.78 is 11.9. The number of thiazole rings is 1. The number of rotatable bonds is 5. The van der Waals surface area contributed by atoms with Gasteiger partial charge in [0.2, 0.25) is 0 Å². The summed E-state index contributed by atoms with van der Waals surface area (Å²) in [7, 11) is 1.62. The van der Waals surface area contributed by atoms with Gasteiger partial charge in [-0.2, -0.15) is 0 Å². The Hall–Kier alpha value is -2.60. The maximum Gasteiger partial charge on any atom is 0.266 e. The van der Waals surface area contributed by atoms with E-state index in [0.717, 1.165) is 27.1 Å². The second kappa shape index (κ2) is 7.11. The van der Waals surface area contributed by atoms with Crippen LogP contribution in [0.5, 0.6) is 11.5 Å². The maximum atomic E-state index is 12.4. The van der Waals surface area contributed by atoms with Gasteiger partial charge in [0.25, 0.3) is 5.91 Å². The molecule has 1 amide bonds. The van der Waals surface area contributed by atoms with E-state index >= 15 is 0 Å². The molecule has 3 aromatic rings. The number of anilines is 1. The van der Waals surface area contributed by atoms with Gasteiger partial charge in [-0.3, -0.25) is 10.1 Å². The standard InChI is InChI=1S/C19H20N2O3S/c1-11-7-12(2)9-15(8-11)24-13(3)18(22)21-19-20-16-6-5-14(23-4)10-17(16)25-19/h5-10,13H,1-4H3,(H,20,21,22). The molecule has 0 fully saturated rings. The molecule has 0 aliphatic heterocycles. The van der Waals surface area contributed by atoms with Gasteiger partial charge in [-0.05, 0) is 62.2 Å². The van der Waals surface area contributed by atoms with Gasteiger partial charge in [0.15, 0.2) is 11.2 Å². The van der Waals surface area contributed by atoms with Crippen LogP contribution in [0.4, 0.5) is 5.13 Å². The minimum Gasteiger partial charge on any atom is -0.497 e. The Bertz CT molecular complexity index is 900. The smallest absolute Gasteiger partial charge is 0.266 e. The summed E-state index contributed by atoms with van der Waals surface area (Å²) >= 11 is 1.41. The van der Waals surface area contributed by atoms with Crippen molar-refractivity contribution in [3.63, 3.8) is 0 Å². The van der Waals surface area contributed by atoms with Crippen LogP contribution in [0.25, 0.3) is 10.2 Å². The fourth-order valence-electron chi connectivity index (χ4n) is 2.55. The quantitative estimate of drug-likeness (QED) is 0.739. The largest absolute Gasteiger partial charge is 0.497 e. The summed E-state index contributed by atoms with van der Waals surface area (Å²) in [5.41, 5.74) is 3.02. The highest BCUT2D eigenvalue weighted by atomic mass is 32.1. The third kappa shape index (κ3) is 4.09. The Kier molecular flexibility index (Phi) is 4.90. The molecule has 0 bridgehead atoms. The van der Waals surface area contributed by atoms with Gasteiger partial charge in [0, 0.05) is 0 Å². The van der Waals surface area contributed by atoms with E-state index in [1.165, 1.54) is 11.3 Å². The number of ether oxygens (including phenoxy) is 2. The monoisotopic (exact) mass is 356 g/mol. The van der Waals surface area contributed by atoms with E-state index < -0.39 is 6.10 Å². The summed E-state index contributed by atoms with van der Waals surface area (Å²) in [5, 5.41) is 3.37. The van der Waals surface area contributed by atoms with Crippen molar-refractivity contribution in [1.82, 2.24) is 4.98 Å². The molecular formula is C19H20N2O3S. The van der Waals surface area contributed by atoms with Crippen LogP contribution in [-0.2, 0) is 4.79 Å². The number of hydrogen-bond donors (Lipinski definition) is 1. The first kappa shape index (κ1) is 17.2. The first-order chi connectivity index (χ1) is 11.9. The van der Waals surface area contributed by atoms with E-state index in [9.17, 15) is 4.79 Å². The predicted molar refractivity (Wildman–Crippen MR) is 101 cm³/mol. The molecule has 6 heteroatoms. The molecule has 1 heterocycles. The van der Waals surface area contributed by atoms with Crippen LogP contribution < -0.4 is 14.8 Å². The van der Waals surface area contributed by atoms with Crippen LogP contribution >= 0.6 is 11.3 Å². The van der Waals surface area contributed by atoms with Gasteiger partial charge in [0.05, 0.1) is 17.3 Å². The number of amides is 1. The fraction of sp³-hybridized carbons (Fsp3) is 0.263. The van der Waals surface area contributed by atoms with Crippen molar-refractivity contribution < 1.29 is 14.3 Å². The lowest BCUT2D eigenvalue weighted by Gasteiger charge is -2.14. The van der Waals surface area contributed by atoms with E-state index in [4.69, 9.17) is 9.47 Å². The SMILES string of the molecule is COc1ccc2nc(NC(=O)C(C)Oc3cc(C)cc(C)c3)sc2c1. The highest BCUT2D eigenvalue weighted by molar-refractivity contribution is 7.22. The van der Waals surface area contributed by atoms with Gasteiger partial charge < -0.3 is 9.47 Å². The van der Waals surface area contributed by atoms with Gasteiger partial charge in [-0.25, -0.2) is 4.98 Å². The van der Waals surface area contributed by atoms with Crippen molar-refractivity contribution in [1.29, 1.82) is 0 Å². The minimum atomic E-state index is -0.622. The zero-order valence-corrected chi connectivity index (χ0v) is 15.4. The number of fused-ring (bicyclic) bond motifs is 1. The molecule has 0 aliphatic rings. The Balaban J connectivity index is 1.70. The molecule has 1 N–H and O–H groups in total. The molecule has 25 heavy (non-hydrogen) atoms. The molecule has 130 valence electrons. The highest BCUT2D eigenvalue weighted by Crippen LogP contribution is 2.29. The molecule has 0 radical (unpaired) electrons. The van der Waals surface area contributed by atoms with Gasteiger partial charge in [0.1, 0.15) is 11.5 Å². The molecule has 0 aliphatic carbocycles. The predicted octanol–water partition coefficient (Wildman–Crippen LogP) is 4.33. The van der Waals surface area contributed by atoms with Crippen LogP contribution in [0, 0.1) is 13.8 Å². The van der Waals surface area contributed by atoms with Crippen molar-refractivity contribution in [3.05, 3.63) is 47.5 Å². The normalized spacial score (nSPS) is 12.0. The number of nitrogens with zero attached hydrogens (tertiary/aromatic N) is 1. The number of benzene rings is 2. The first-order valence-corrected chi connectivity index (χ1v) is 8.76. The number of methoxy groups -OCH3 is 1. The second-order valence-corrected chi connectivity index (χ2v) is 6.96. The molecule has 0 saturated heterocycles. The van der Waals surface area contributed by atoms with Gasteiger partial charge in [-0.15, -0.1) is 0 Å². The van der Waals surface area contributed by atoms with Crippen molar-refractivity contribution in [2.75, 3.05) is 12.4 Å². The van der Waals surface area contributed by atoms with Gasteiger partial charge in [-0.1, -0.05) is 17.4 Å². The Morgan fingerprint density at radius 3 is 2.52 bits per heavy atom. The maximum absolute atomic E-state index is 12.4. The van der Waals surface area contributed by atoms with Crippen molar-refractivity contribution in [3.8, 4) is 11.5 Å². The number of carbonyl (C=O) groups excluding carboxylic acids is 1. The minimum absolute atomic E-state index is 0.231. The zero-order valence-electron chi connectivity index (χ0n) is 14.6. The van der Waals surface area contributed by atoms with E-state index in [-0.39, 0.29) is 5.91 Å². The number of nitrogens with one attached hydrogen (secondary N) is 1. The lowest BCUT2D eigenvalue weighted by atomic mass is 10.1. The van der Waals surface area contributed by atoms with Crippen LogP contribution in [-0.4, -0.2) is 24.1 Å². The average Bonchev–Trinajstić information content (AvgIpc) is 2.94. The molecule has 1 unspecified atom stereocenters. The number of hydrogen-bond acceptors (Lipinski definition) is 5. The Labute approximate surface area is 150 Å². The second-order valence-electron chi connectivity index (χ2n) is 5.93. The lowest BCUT2D eigenvalue weighted by molar-refractivity contribution is -0.122. The number of aryl methyl sites for hydroxylation is 2. The fourth-order valence-corrected chi connectivity index (χ4v) is 3.45. The topological polar surface area (TPSA) is 60.5 Å². The summed E-state index contributed by atoms with van der Waals surface area (Å²) in [6, 6.07) is 11.5. The molecule has 2 aromatic carbocycles. The molecule has 0 saturated carbocycles. The lowest BCUT2D eigenvalue weighted by Crippen LogP contribution is -2.30. The molecular weight excluding hydrogens is 336 g/mol. The third-order valence-corrected chi connectivity index (χ3v) is 4.64. The molecule has 1 atom stereocenters. The summed E-state index contributed by atoms with van der Waals surface area (Å²) in [4.78, 5) is 16.8. The molecule has 0 spiro atoms. The van der Waals surface area contributed by atoms with E-state index in [0.29, 0.717) is 10.9 Å². The first-order valence-electron chi connectivity index (χ1n) is 7.95. The molecule has 5 nitrogen and oxygen atoms in total. The van der Waals surface area contributed by atoms with E-state index in [2.05, 4.69) is 16.4 Å². The summed E-state index contributed by atoms with van der Waals surface area (Å²) in [5.74, 6) is 1.22. The van der Waals surface area contributed by atoms with Crippen LogP contribution in [0.3, 0.4) is 0 Å². The Morgan fingerprint density at radius 1 is 1.12 bits per heavy atom. The molecule has 3 rings (SSSR count).